The average Bonchev–Trinajstić information content (AvgIpc) is 2.46. The van der Waals surface area contributed by atoms with Crippen molar-refractivity contribution >= 4 is 15.7 Å². The third kappa shape index (κ3) is 3.42. The molecule has 1 aromatic carbocycles. The van der Waals surface area contributed by atoms with Crippen molar-refractivity contribution in [2.24, 2.45) is 5.10 Å². The van der Waals surface area contributed by atoms with Crippen LogP contribution in [0.1, 0.15) is 18.2 Å². The lowest BCUT2D eigenvalue weighted by Gasteiger charge is -2.05. The average molecular weight is 289 g/mol. The molecule has 2 aromatic rings. The van der Waals surface area contributed by atoms with Crippen molar-refractivity contribution in [1.29, 1.82) is 0 Å². The molecule has 0 fully saturated rings. The summed E-state index contributed by atoms with van der Waals surface area (Å²) < 4.78 is 24.1. The molecule has 104 valence electrons. The number of pyridine rings is 1. The summed E-state index contributed by atoms with van der Waals surface area (Å²) in [5.74, 6) is 0. The van der Waals surface area contributed by atoms with Gasteiger partial charge < -0.3 is 0 Å². The summed E-state index contributed by atoms with van der Waals surface area (Å²) >= 11 is 0. The maximum Gasteiger partial charge on any atom is 0.276 e. The number of benzene rings is 1. The summed E-state index contributed by atoms with van der Waals surface area (Å²) in [6.07, 6.45) is 1.63. The van der Waals surface area contributed by atoms with Gasteiger partial charge in [0.05, 0.1) is 16.3 Å². The predicted molar refractivity (Wildman–Crippen MR) is 77.9 cm³/mol. The van der Waals surface area contributed by atoms with Crippen LogP contribution in [0.4, 0.5) is 0 Å². The lowest BCUT2D eigenvalue weighted by atomic mass is 10.2. The molecule has 0 unspecified atom stereocenters. The zero-order valence-electron chi connectivity index (χ0n) is 11.2. The van der Waals surface area contributed by atoms with Gasteiger partial charge in [-0.3, -0.25) is 4.98 Å². The molecule has 0 bridgehead atoms. The molecular formula is C14H15N3O2S. The highest BCUT2D eigenvalue weighted by Gasteiger charge is 2.12. The molecular weight excluding hydrogens is 274 g/mol. The molecule has 2 rings (SSSR count). The molecule has 0 saturated heterocycles. The van der Waals surface area contributed by atoms with Gasteiger partial charge in [-0.15, -0.1) is 0 Å². The third-order valence-corrected chi connectivity index (χ3v) is 3.92. The molecule has 0 aliphatic heterocycles. The summed E-state index contributed by atoms with van der Waals surface area (Å²) in [6, 6.07) is 11.9. The van der Waals surface area contributed by atoms with Crippen molar-refractivity contribution < 1.29 is 8.42 Å². The number of hydrazone groups is 1. The van der Waals surface area contributed by atoms with Crippen LogP contribution in [0.2, 0.25) is 0 Å². The van der Waals surface area contributed by atoms with Gasteiger partial charge >= 0.3 is 0 Å². The number of aryl methyl sites for hydroxylation is 1. The fourth-order valence-corrected chi connectivity index (χ4v) is 2.39. The first-order chi connectivity index (χ1) is 9.49. The van der Waals surface area contributed by atoms with Gasteiger partial charge in [-0.1, -0.05) is 23.8 Å². The summed E-state index contributed by atoms with van der Waals surface area (Å²) in [6.45, 7) is 3.59. The van der Waals surface area contributed by atoms with Gasteiger partial charge in [0.1, 0.15) is 0 Å². The highest BCUT2D eigenvalue weighted by Crippen LogP contribution is 2.09. The van der Waals surface area contributed by atoms with Crippen molar-refractivity contribution in [2.75, 3.05) is 0 Å². The molecule has 6 heteroatoms. The van der Waals surface area contributed by atoms with Crippen LogP contribution in [0.3, 0.4) is 0 Å². The summed E-state index contributed by atoms with van der Waals surface area (Å²) in [4.78, 5) is 6.49. The molecule has 1 aromatic heterocycles. The number of aromatic nitrogens is 1. The number of hydrogen-bond donors (Lipinski definition) is 1. The highest BCUT2D eigenvalue weighted by molar-refractivity contribution is 7.89. The van der Waals surface area contributed by atoms with E-state index in [1.54, 1.807) is 49.5 Å². The zero-order valence-corrected chi connectivity index (χ0v) is 12.1. The maximum atomic E-state index is 12.0. The largest absolute Gasteiger partial charge is 0.276 e. The molecule has 0 radical (unpaired) electrons. The van der Waals surface area contributed by atoms with Crippen LogP contribution < -0.4 is 4.83 Å². The van der Waals surface area contributed by atoms with E-state index >= 15 is 0 Å². The van der Waals surface area contributed by atoms with Crippen molar-refractivity contribution in [3.8, 4) is 0 Å². The Hall–Kier alpha value is -2.21. The van der Waals surface area contributed by atoms with Gasteiger partial charge in [0.15, 0.2) is 0 Å². The normalized spacial score (nSPS) is 12.2. The second-order valence-corrected chi connectivity index (χ2v) is 5.98. The van der Waals surface area contributed by atoms with Crippen LogP contribution >= 0.6 is 0 Å². The Morgan fingerprint density at radius 1 is 1.15 bits per heavy atom. The van der Waals surface area contributed by atoms with E-state index in [9.17, 15) is 8.42 Å². The topological polar surface area (TPSA) is 71.4 Å². The van der Waals surface area contributed by atoms with Crippen LogP contribution in [0.15, 0.2) is 58.7 Å². The highest BCUT2D eigenvalue weighted by atomic mass is 32.2. The quantitative estimate of drug-likeness (QED) is 0.692. The Kier molecular flexibility index (Phi) is 4.14. The number of nitrogens with one attached hydrogen (secondary N) is 1. The number of hydrogen-bond acceptors (Lipinski definition) is 4. The molecule has 20 heavy (non-hydrogen) atoms. The smallest absolute Gasteiger partial charge is 0.255 e. The fraction of sp³-hybridized carbons (Fsp3) is 0.143. The molecule has 1 heterocycles. The first kappa shape index (κ1) is 14.2. The first-order valence-electron chi connectivity index (χ1n) is 6.03. The zero-order chi connectivity index (χ0) is 14.6. The van der Waals surface area contributed by atoms with E-state index < -0.39 is 10.0 Å². The van der Waals surface area contributed by atoms with Gasteiger partial charge in [-0.2, -0.15) is 18.4 Å². The standard InChI is InChI=1S/C14H15N3O2S/c1-11-6-8-13(9-7-11)20(18,19)17-16-12(2)14-5-3-4-10-15-14/h3-10,17H,1-2H3/b16-12-. The minimum absolute atomic E-state index is 0.181. The van der Waals surface area contributed by atoms with E-state index in [1.807, 2.05) is 13.0 Å². The lowest BCUT2D eigenvalue weighted by Crippen LogP contribution is -2.20. The Bertz CT molecular complexity index is 708. The third-order valence-electron chi connectivity index (χ3n) is 2.70. The van der Waals surface area contributed by atoms with E-state index in [2.05, 4.69) is 14.9 Å². The molecule has 5 nitrogen and oxygen atoms in total. The Morgan fingerprint density at radius 2 is 1.85 bits per heavy atom. The second-order valence-electron chi connectivity index (χ2n) is 4.32. The monoisotopic (exact) mass is 289 g/mol. The van der Waals surface area contributed by atoms with Crippen molar-refractivity contribution in [3.05, 3.63) is 59.9 Å². The van der Waals surface area contributed by atoms with E-state index in [1.165, 1.54) is 0 Å². The van der Waals surface area contributed by atoms with Gasteiger partial charge in [-0.25, -0.2) is 0 Å². The summed E-state index contributed by atoms with van der Waals surface area (Å²) in [7, 11) is -3.65. The number of nitrogens with zero attached hydrogens (tertiary/aromatic N) is 2. The molecule has 0 amide bonds. The van der Waals surface area contributed by atoms with E-state index in [0.717, 1.165) is 5.56 Å². The fourth-order valence-electron chi connectivity index (χ4n) is 1.53. The van der Waals surface area contributed by atoms with E-state index in [-0.39, 0.29) is 4.90 Å². The minimum atomic E-state index is -3.65. The molecule has 0 saturated carbocycles. The molecule has 1 N–H and O–H groups in total. The number of rotatable bonds is 4. The SMILES string of the molecule is C/C(=N/NS(=O)(=O)c1ccc(C)cc1)c1ccccn1. The Labute approximate surface area is 118 Å². The second kappa shape index (κ2) is 5.83. The van der Waals surface area contributed by atoms with E-state index in [4.69, 9.17) is 0 Å². The molecule has 0 spiro atoms. The summed E-state index contributed by atoms with van der Waals surface area (Å²) in [5, 5.41) is 3.88. The van der Waals surface area contributed by atoms with Crippen LogP contribution in [-0.4, -0.2) is 19.1 Å². The van der Waals surface area contributed by atoms with Crippen molar-refractivity contribution in [1.82, 2.24) is 9.82 Å². The van der Waals surface area contributed by atoms with Crippen molar-refractivity contribution in [2.45, 2.75) is 18.7 Å². The number of sulfonamides is 1. The van der Waals surface area contributed by atoms with Gasteiger partial charge in [0.25, 0.3) is 10.0 Å². The predicted octanol–water partition coefficient (Wildman–Crippen LogP) is 2.09. The lowest BCUT2D eigenvalue weighted by molar-refractivity contribution is 0.584. The molecule has 0 aliphatic rings. The van der Waals surface area contributed by atoms with E-state index in [0.29, 0.717) is 11.4 Å². The Morgan fingerprint density at radius 3 is 2.45 bits per heavy atom. The van der Waals surface area contributed by atoms with Crippen LogP contribution in [0, 0.1) is 6.92 Å². The molecule has 0 aliphatic carbocycles. The van der Waals surface area contributed by atoms with Crippen LogP contribution in [0.25, 0.3) is 0 Å². The van der Waals surface area contributed by atoms with Gasteiger partial charge in [0.2, 0.25) is 0 Å². The van der Waals surface area contributed by atoms with Crippen LogP contribution in [0.5, 0.6) is 0 Å². The van der Waals surface area contributed by atoms with Gasteiger partial charge in [0, 0.05) is 6.20 Å². The van der Waals surface area contributed by atoms with Crippen molar-refractivity contribution in [3.63, 3.8) is 0 Å². The molecule has 0 atom stereocenters. The first-order valence-corrected chi connectivity index (χ1v) is 7.51. The van der Waals surface area contributed by atoms with Crippen LogP contribution in [-0.2, 0) is 10.0 Å². The van der Waals surface area contributed by atoms with Gasteiger partial charge in [-0.05, 0) is 38.1 Å². The Balaban J connectivity index is 2.19. The minimum Gasteiger partial charge on any atom is -0.255 e. The summed E-state index contributed by atoms with van der Waals surface area (Å²) in [5.41, 5.74) is 2.12. The maximum absolute atomic E-state index is 12.0.